The smallest absolute Gasteiger partial charge is 0.408 e. The molecule has 0 saturated carbocycles. The molecule has 0 spiro atoms. The number of aldehydes is 1. The summed E-state index contributed by atoms with van der Waals surface area (Å²) in [6.07, 6.45) is -0.420. The maximum Gasteiger partial charge on any atom is 0.408 e. The Balaban J connectivity index is 2.52. The molecule has 2 aromatic rings. The highest BCUT2D eigenvalue weighted by atomic mass is 16.4. The fourth-order valence-electron chi connectivity index (χ4n) is 2.50. The van der Waals surface area contributed by atoms with Crippen molar-refractivity contribution in [1.29, 1.82) is 0 Å². The van der Waals surface area contributed by atoms with Crippen molar-refractivity contribution >= 4 is 23.2 Å². The molecular weight excluding hydrogens is 266 g/mol. The summed E-state index contributed by atoms with van der Waals surface area (Å²) in [6, 6.07) is 12.6. The molecule has 0 saturated heterocycles. The summed E-state index contributed by atoms with van der Waals surface area (Å²) < 4.78 is 0. The first-order valence-corrected chi connectivity index (χ1v) is 6.81. The Morgan fingerprint density at radius 2 is 1.76 bits per heavy atom. The minimum absolute atomic E-state index is 0.664. The average Bonchev–Trinajstić information content (AvgIpc) is 2.42. The van der Waals surface area contributed by atoms with Crippen LogP contribution in [0.1, 0.15) is 32.4 Å². The van der Waals surface area contributed by atoms with Crippen LogP contribution in [0.2, 0.25) is 0 Å². The van der Waals surface area contributed by atoms with Gasteiger partial charge in [-0.2, -0.15) is 0 Å². The lowest BCUT2D eigenvalue weighted by atomic mass is 9.97. The van der Waals surface area contributed by atoms with Crippen LogP contribution in [0.3, 0.4) is 0 Å². The Labute approximate surface area is 124 Å². The number of fused-ring (bicyclic) bond motifs is 1. The molecule has 1 amide bonds. The topological polar surface area (TPSA) is 57.6 Å². The predicted molar refractivity (Wildman–Crippen MR) is 82.4 cm³/mol. The molecule has 4 heteroatoms. The molecule has 0 heterocycles. The number of rotatable bonds is 3. The Bertz CT molecular complexity index is 673. The van der Waals surface area contributed by atoms with E-state index in [0.717, 1.165) is 10.8 Å². The van der Waals surface area contributed by atoms with Crippen LogP contribution in [0.4, 0.5) is 4.79 Å². The largest absolute Gasteiger partial charge is 0.465 e. The van der Waals surface area contributed by atoms with E-state index < -0.39 is 17.7 Å². The normalized spacial score (nSPS) is 12.9. The minimum atomic E-state index is -1.10. The van der Waals surface area contributed by atoms with Gasteiger partial charge in [0.05, 0.1) is 0 Å². The summed E-state index contributed by atoms with van der Waals surface area (Å²) in [4.78, 5) is 24.3. The Kier molecular flexibility index (Phi) is 3.98. The van der Waals surface area contributed by atoms with E-state index in [-0.39, 0.29) is 0 Å². The van der Waals surface area contributed by atoms with Gasteiger partial charge in [0, 0.05) is 5.54 Å². The third-order valence-corrected chi connectivity index (χ3v) is 3.45. The maximum atomic E-state index is 11.6. The Morgan fingerprint density at radius 3 is 2.29 bits per heavy atom. The van der Waals surface area contributed by atoms with Crippen LogP contribution in [0, 0.1) is 0 Å². The van der Waals surface area contributed by atoms with Gasteiger partial charge in [0.1, 0.15) is 12.3 Å². The molecule has 0 fully saturated rings. The van der Waals surface area contributed by atoms with Crippen LogP contribution in [-0.4, -0.2) is 27.9 Å². The summed E-state index contributed by atoms with van der Waals surface area (Å²) in [5.41, 5.74) is 0.0179. The fourth-order valence-corrected chi connectivity index (χ4v) is 2.50. The molecule has 1 atom stereocenters. The van der Waals surface area contributed by atoms with Gasteiger partial charge in [0.25, 0.3) is 0 Å². The van der Waals surface area contributed by atoms with Gasteiger partial charge in [-0.1, -0.05) is 36.4 Å². The van der Waals surface area contributed by atoms with Crippen molar-refractivity contribution in [2.45, 2.75) is 32.4 Å². The van der Waals surface area contributed by atoms with E-state index >= 15 is 0 Å². The molecule has 0 bridgehead atoms. The van der Waals surface area contributed by atoms with E-state index in [1.807, 2.05) is 42.5 Å². The first kappa shape index (κ1) is 15.0. The molecule has 21 heavy (non-hydrogen) atoms. The molecule has 0 radical (unpaired) electrons. The zero-order valence-corrected chi connectivity index (χ0v) is 12.4. The molecule has 1 unspecified atom stereocenters. The maximum absolute atomic E-state index is 11.6. The zero-order chi connectivity index (χ0) is 15.6. The number of carboxylic acid groups (broad SMARTS) is 1. The molecule has 0 aliphatic carbocycles. The molecule has 4 nitrogen and oxygen atoms in total. The van der Waals surface area contributed by atoms with E-state index in [9.17, 15) is 14.7 Å². The van der Waals surface area contributed by atoms with Gasteiger partial charge >= 0.3 is 6.09 Å². The highest BCUT2D eigenvalue weighted by Gasteiger charge is 2.34. The molecule has 2 rings (SSSR count). The monoisotopic (exact) mass is 285 g/mol. The molecule has 0 aromatic heterocycles. The Morgan fingerprint density at radius 1 is 1.14 bits per heavy atom. The highest BCUT2D eigenvalue weighted by molar-refractivity contribution is 5.84. The van der Waals surface area contributed by atoms with Gasteiger partial charge in [-0.15, -0.1) is 0 Å². The molecule has 2 aromatic carbocycles. The van der Waals surface area contributed by atoms with E-state index in [0.29, 0.717) is 11.8 Å². The molecule has 110 valence electrons. The van der Waals surface area contributed by atoms with Crippen molar-refractivity contribution in [2.75, 3.05) is 0 Å². The lowest BCUT2D eigenvalue weighted by Gasteiger charge is -2.37. The van der Waals surface area contributed by atoms with E-state index in [1.54, 1.807) is 20.8 Å². The van der Waals surface area contributed by atoms with Gasteiger partial charge in [-0.05, 0) is 43.2 Å². The zero-order valence-electron chi connectivity index (χ0n) is 12.4. The number of amides is 1. The quantitative estimate of drug-likeness (QED) is 0.871. The number of hydrogen-bond acceptors (Lipinski definition) is 2. The number of benzene rings is 2. The minimum Gasteiger partial charge on any atom is -0.465 e. The number of nitrogens with zero attached hydrogens (tertiary/aromatic N) is 1. The molecule has 0 aliphatic heterocycles. The second kappa shape index (κ2) is 5.56. The summed E-state index contributed by atoms with van der Waals surface area (Å²) in [5, 5.41) is 11.5. The summed E-state index contributed by atoms with van der Waals surface area (Å²) in [5.74, 6) is 0. The average molecular weight is 285 g/mol. The Hall–Kier alpha value is -2.36. The second-order valence-electron chi connectivity index (χ2n) is 6.01. The SMILES string of the molecule is CC(C)(C)N(C(=O)O)C(C=O)c1ccc2ccccc2c1. The highest BCUT2D eigenvalue weighted by Crippen LogP contribution is 2.29. The van der Waals surface area contributed by atoms with E-state index in [1.165, 1.54) is 4.90 Å². The van der Waals surface area contributed by atoms with Gasteiger partial charge in [0.15, 0.2) is 0 Å². The second-order valence-corrected chi connectivity index (χ2v) is 6.01. The molecule has 0 aliphatic rings. The van der Waals surface area contributed by atoms with Gasteiger partial charge in [-0.25, -0.2) is 4.79 Å². The van der Waals surface area contributed by atoms with Crippen LogP contribution in [0.25, 0.3) is 10.8 Å². The third kappa shape index (κ3) is 3.05. The van der Waals surface area contributed by atoms with Crippen molar-refractivity contribution < 1.29 is 14.7 Å². The number of carbonyl (C=O) groups excluding carboxylic acids is 1. The third-order valence-electron chi connectivity index (χ3n) is 3.45. The van der Waals surface area contributed by atoms with Crippen LogP contribution >= 0.6 is 0 Å². The van der Waals surface area contributed by atoms with Crippen molar-refractivity contribution in [3.8, 4) is 0 Å². The van der Waals surface area contributed by atoms with Crippen LogP contribution in [0.15, 0.2) is 42.5 Å². The molecular formula is C17H19NO3. The van der Waals surface area contributed by atoms with Crippen molar-refractivity contribution in [3.63, 3.8) is 0 Å². The summed E-state index contributed by atoms with van der Waals surface area (Å²) in [6.45, 7) is 5.33. The standard InChI is InChI=1S/C17H19NO3/c1-17(2,3)18(16(20)21)15(11-19)14-9-8-12-6-4-5-7-13(12)10-14/h4-11,15H,1-3H3,(H,20,21). The summed E-state index contributed by atoms with van der Waals surface area (Å²) >= 11 is 0. The fraction of sp³-hybridized carbons (Fsp3) is 0.294. The first-order valence-electron chi connectivity index (χ1n) is 6.81. The first-order chi connectivity index (χ1) is 9.84. The summed E-state index contributed by atoms with van der Waals surface area (Å²) in [7, 11) is 0. The number of carbonyl (C=O) groups is 2. The van der Waals surface area contributed by atoms with Crippen LogP contribution < -0.4 is 0 Å². The lowest BCUT2D eigenvalue weighted by molar-refractivity contribution is -0.113. The van der Waals surface area contributed by atoms with Crippen LogP contribution in [-0.2, 0) is 4.79 Å². The van der Waals surface area contributed by atoms with Gasteiger partial charge in [-0.3, -0.25) is 4.90 Å². The predicted octanol–water partition coefficient (Wildman–Crippen LogP) is 3.86. The van der Waals surface area contributed by atoms with Gasteiger partial charge < -0.3 is 9.90 Å². The molecule has 1 N–H and O–H groups in total. The number of hydrogen-bond donors (Lipinski definition) is 1. The van der Waals surface area contributed by atoms with E-state index in [4.69, 9.17) is 0 Å². The van der Waals surface area contributed by atoms with Crippen molar-refractivity contribution in [3.05, 3.63) is 48.0 Å². The van der Waals surface area contributed by atoms with Gasteiger partial charge in [0.2, 0.25) is 0 Å². The lowest BCUT2D eigenvalue weighted by Crippen LogP contribution is -2.47. The van der Waals surface area contributed by atoms with Crippen LogP contribution in [0.5, 0.6) is 0 Å². The van der Waals surface area contributed by atoms with E-state index in [2.05, 4.69) is 0 Å². The van der Waals surface area contributed by atoms with Crippen molar-refractivity contribution in [2.24, 2.45) is 0 Å². The van der Waals surface area contributed by atoms with Crippen molar-refractivity contribution in [1.82, 2.24) is 4.90 Å².